The normalized spacial score (nSPS) is 12.8. The number of amides is 2. The molecule has 0 spiro atoms. The fourth-order valence-corrected chi connectivity index (χ4v) is 5.26. The zero-order valence-electron chi connectivity index (χ0n) is 25.2. The van der Waals surface area contributed by atoms with Crippen molar-refractivity contribution in [3.8, 4) is 16.9 Å². The summed E-state index contributed by atoms with van der Waals surface area (Å²) >= 11 is 0. The van der Waals surface area contributed by atoms with Crippen molar-refractivity contribution in [2.24, 2.45) is 0 Å². The van der Waals surface area contributed by atoms with Crippen LogP contribution in [0.3, 0.4) is 0 Å². The van der Waals surface area contributed by atoms with Crippen LogP contribution in [0.25, 0.3) is 11.1 Å². The minimum Gasteiger partial charge on any atom is -0.489 e. The van der Waals surface area contributed by atoms with Gasteiger partial charge in [0.05, 0.1) is 13.2 Å². The van der Waals surface area contributed by atoms with Gasteiger partial charge in [-0.25, -0.2) is 0 Å². The molecule has 2 N–H and O–H groups in total. The van der Waals surface area contributed by atoms with Crippen LogP contribution < -0.4 is 20.3 Å². The van der Waals surface area contributed by atoms with Crippen LogP contribution in [-0.2, 0) is 11.3 Å². The summed E-state index contributed by atoms with van der Waals surface area (Å²) in [5, 5.41) is 5.97. The number of nitrogens with zero attached hydrogens (tertiary/aromatic N) is 1. The molecule has 7 nitrogen and oxygen atoms in total. The molecule has 0 radical (unpaired) electrons. The molecule has 1 aliphatic heterocycles. The number of aryl methyl sites for hydroxylation is 1. The highest BCUT2D eigenvalue weighted by Crippen LogP contribution is 2.27. The van der Waals surface area contributed by atoms with E-state index in [0.717, 1.165) is 59.9 Å². The van der Waals surface area contributed by atoms with Crippen LogP contribution in [-0.4, -0.2) is 38.1 Å². The van der Waals surface area contributed by atoms with Crippen molar-refractivity contribution in [1.82, 2.24) is 0 Å². The van der Waals surface area contributed by atoms with Gasteiger partial charge in [0, 0.05) is 47.3 Å². The predicted octanol–water partition coefficient (Wildman–Crippen LogP) is 7.58. The van der Waals surface area contributed by atoms with Gasteiger partial charge >= 0.3 is 0 Å². The highest BCUT2D eigenvalue weighted by molar-refractivity contribution is 6.06. The molecule has 7 heteroatoms. The zero-order valence-corrected chi connectivity index (χ0v) is 25.2. The summed E-state index contributed by atoms with van der Waals surface area (Å²) in [6, 6.07) is 38.3. The molecule has 1 fully saturated rings. The maximum atomic E-state index is 13.1. The number of carbonyl (C=O) groups is 2. The van der Waals surface area contributed by atoms with Crippen LogP contribution in [0.2, 0.25) is 0 Å². The van der Waals surface area contributed by atoms with E-state index in [0.29, 0.717) is 29.2 Å². The molecule has 5 aromatic rings. The van der Waals surface area contributed by atoms with E-state index in [1.54, 1.807) is 12.1 Å². The van der Waals surface area contributed by atoms with Crippen molar-refractivity contribution in [2.45, 2.75) is 13.5 Å². The van der Waals surface area contributed by atoms with E-state index in [1.807, 2.05) is 116 Å². The van der Waals surface area contributed by atoms with Gasteiger partial charge in [0.15, 0.2) is 0 Å². The number of morpholine rings is 1. The van der Waals surface area contributed by atoms with Gasteiger partial charge in [0.25, 0.3) is 11.8 Å². The molecule has 0 saturated carbocycles. The first-order valence-electron chi connectivity index (χ1n) is 15.1. The highest BCUT2D eigenvalue weighted by atomic mass is 16.5. The van der Waals surface area contributed by atoms with Crippen molar-refractivity contribution in [1.29, 1.82) is 0 Å². The first kappa shape index (κ1) is 29.7. The average molecular weight is 598 g/mol. The molecule has 2 amide bonds. The standard InChI is InChI=1S/C38H35N3O4/c1-27-10-11-31(38(43)39-32-16-18-34(19-17-32)41-20-22-44-23-21-41)24-36(27)29-12-14-30(15-13-29)37(42)40-33-8-5-9-35(25-33)45-26-28-6-3-2-4-7-28/h2-19,24-25H,20-23,26H2,1H3,(H,39,43)(H,40,42). The van der Waals surface area contributed by atoms with Gasteiger partial charge in [-0.1, -0.05) is 54.6 Å². The third kappa shape index (κ3) is 7.58. The summed E-state index contributed by atoms with van der Waals surface area (Å²) in [6.07, 6.45) is 0. The Labute approximate surface area is 263 Å². The Kier molecular flexibility index (Phi) is 9.18. The van der Waals surface area contributed by atoms with Gasteiger partial charge in [-0.2, -0.15) is 0 Å². The van der Waals surface area contributed by atoms with Crippen molar-refractivity contribution >= 4 is 28.9 Å². The van der Waals surface area contributed by atoms with E-state index < -0.39 is 0 Å². The summed E-state index contributed by atoms with van der Waals surface area (Å²) in [5.74, 6) is 0.281. The molecule has 226 valence electrons. The molecular formula is C38H35N3O4. The second-order valence-corrected chi connectivity index (χ2v) is 11.0. The monoisotopic (exact) mass is 597 g/mol. The Bertz CT molecular complexity index is 1760. The number of nitrogens with one attached hydrogen (secondary N) is 2. The number of hydrogen-bond donors (Lipinski definition) is 2. The maximum Gasteiger partial charge on any atom is 0.255 e. The Morgan fingerprint density at radius 2 is 1.40 bits per heavy atom. The van der Waals surface area contributed by atoms with Crippen LogP contribution in [0.15, 0.2) is 121 Å². The Morgan fingerprint density at radius 1 is 0.711 bits per heavy atom. The van der Waals surface area contributed by atoms with Crippen LogP contribution in [0.4, 0.5) is 17.1 Å². The van der Waals surface area contributed by atoms with Crippen molar-refractivity contribution < 1.29 is 19.1 Å². The minimum atomic E-state index is -0.216. The molecule has 45 heavy (non-hydrogen) atoms. The fourth-order valence-electron chi connectivity index (χ4n) is 5.26. The lowest BCUT2D eigenvalue weighted by atomic mass is 9.97. The maximum absolute atomic E-state index is 13.1. The molecule has 5 aromatic carbocycles. The summed E-state index contributed by atoms with van der Waals surface area (Å²) in [4.78, 5) is 28.5. The summed E-state index contributed by atoms with van der Waals surface area (Å²) in [6.45, 7) is 5.64. The second-order valence-electron chi connectivity index (χ2n) is 11.0. The quantitative estimate of drug-likeness (QED) is 0.183. The van der Waals surface area contributed by atoms with Gasteiger partial charge in [0.2, 0.25) is 0 Å². The number of ether oxygens (including phenoxy) is 2. The zero-order chi connectivity index (χ0) is 31.0. The van der Waals surface area contributed by atoms with Crippen molar-refractivity contribution in [3.05, 3.63) is 144 Å². The molecule has 1 heterocycles. The number of benzene rings is 5. The summed E-state index contributed by atoms with van der Waals surface area (Å²) in [5.41, 5.74) is 7.56. The third-order valence-corrected chi connectivity index (χ3v) is 7.80. The largest absolute Gasteiger partial charge is 0.489 e. The van der Waals surface area contributed by atoms with Gasteiger partial charge in [-0.15, -0.1) is 0 Å². The SMILES string of the molecule is Cc1ccc(C(=O)Nc2ccc(N3CCOCC3)cc2)cc1-c1ccc(C(=O)Nc2cccc(OCc3ccccc3)c2)cc1. The molecule has 6 rings (SSSR count). The minimum absolute atomic E-state index is 0.179. The lowest BCUT2D eigenvalue weighted by Gasteiger charge is -2.28. The van der Waals surface area contributed by atoms with E-state index in [9.17, 15) is 9.59 Å². The lowest BCUT2D eigenvalue weighted by molar-refractivity contribution is 0.101. The van der Waals surface area contributed by atoms with E-state index in [4.69, 9.17) is 9.47 Å². The molecule has 0 unspecified atom stereocenters. The molecule has 0 aliphatic carbocycles. The molecule has 0 atom stereocenters. The van der Waals surface area contributed by atoms with Gasteiger partial charge in [-0.05, 0) is 89.8 Å². The van der Waals surface area contributed by atoms with Crippen LogP contribution in [0.1, 0.15) is 31.8 Å². The van der Waals surface area contributed by atoms with Gasteiger partial charge < -0.3 is 25.0 Å². The molecular weight excluding hydrogens is 562 g/mol. The Hall–Kier alpha value is -5.40. The third-order valence-electron chi connectivity index (χ3n) is 7.80. The topological polar surface area (TPSA) is 79.9 Å². The highest BCUT2D eigenvalue weighted by Gasteiger charge is 2.14. The van der Waals surface area contributed by atoms with Gasteiger partial charge in [0.1, 0.15) is 12.4 Å². The average Bonchev–Trinajstić information content (AvgIpc) is 3.09. The van der Waals surface area contributed by atoms with Crippen LogP contribution in [0, 0.1) is 6.92 Å². The first-order chi connectivity index (χ1) is 22.0. The van der Waals surface area contributed by atoms with Crippen LogP contribution in [0.5, 0.6) is 5.75 Å². The number of carbonyl (C=O) groups excluding carboxylic acids is 2. The number of hydrogen-bond acceptors (Lipinski definition) is 5. The second kappa shape index (κ2) is 13.9. The van der Waals surface area contributed by atoms with E-state index in [2.05, 4.69) is 15.5 Å². The Balaban J connectivity index is 1.08. The summed E-state index contributed by atoms with van der Waals surface area (Å²) < 4.78 is 11.3. The predicted molar refractivity (Wildman–Crippen MR) is 179 cm³/mol. The molecule has 1 aliphatic rings. The summed E-state index contributed by atoms with van der Waals surface area (Å²) in [7, 11) is 0. The van der Waals surface area contributed by atoms with Crippen molar-refractivity contribution in [3.63, 3.8) is 0 Å². The smallest absolute Gasteiger partial charge is 0.255 e. The fraction of sp³-hybridized carbons (Fsp3) is 0.158. The van der Waals surface area contributed by atoms with Crippen LogP contribution >= 0.6 is 0 Å². The molecule has 0 bridgehead atoms. The first-order valence-corrected chi connectivity index (χ1v) is 15.1. The van der Waals surface area contributed by atoms with E-state index in [-0.39, 0.29) is 11.8 Å². The Morgan fingerprint density at radius 3 is 2.16 bits per heavy atom. The van der Waals surface area contributed by atoms with Gasteiger partial charge in [-0.3, -0.25) is 9.59 Å². The number of anilines is 3. The van der Waals surface area contributed by atoms with Crippen molar-refractivity contribution in [2.75, 3.05) is 41.8 Å². The lowest BCUT2D eigenvalue weighted by Crippen LogP contribution is -2.36. The molecule has 1 saturated heterocycles. The van der Waals surface area contributed by atoms with E-state index >= 15 is 0 Å². The number of rotatable bonds is 9. The van der Waals surface area contributed by atoms with E-state index in [1.165, 1.54) is 0 Å². The molecule has 0 aromatic heterocycles.